The van der Waals surface area contributed by atoms with Crippen molar-refractivity contribution in [3.8, 4) is 0 Å². The van der Waals surface area contributed by atoms with E-state index in [9.17, 15) is 18.0 Å². The lowest BCUT2D eigenvalue weighted by molar-refractivity contribution is -0.137. The molecular formula is C16H13ClF3NO. The Bertz CT molecular complexity index is 668. The molecule has 116 valence electrons. The molecule has 0 unspecified atom stereocenters. The number of hydrogen-bond donors (Lipinski definition) is 1. The van der Waals surface area contributed by atoms with Crippen LogP contribution >= 0.6 is 11.6 Å². The Kier molecular flexibility index (Phi) is 4.76. The molecule has 0 saturated carbocycles. The highest BCUT2D eigenvalue weighted by molar-refractivity contribution is 6.30. The summed E-state index contributed by atoms with van der Waals surface area (Å²) in [5, 5.41) is 3.11. The summed E-state index contributed by atoms with van der Waals surface area (Å²) in [6, 6.07) is 11.0. The van der Waals surface area contributed by atoms with E-state index in [-0.39, 0.29) is 0 Å². The Labute approximate surface area is 130 Å². The number of hydrogen-bond acceptors (Lipinski definition) is 1. The lowest BCUT2D eigenvalue weighted by atomic mass is 10.0. The zero-order chi connectivity index (χ0) is 16.3. The zero-order valence-electron chi connectivity index (χ0n) is 11.6. The molecule has 2 rings (SSSR count). The van der Waals surface area contributed by atoms with Crippen LogP contribution in [0.4, 0.5) is 13.2 Å². The highest BCUT2D eigenvalue weighted by Gasteiger charge is 2.35. The lowest BCUT2D eigenvalue weighted by Crippen LogP contribution is -2.28. The maximum absolute atomic E-state index is 12.9. The molecule has 0 saturated heterocycles. The van der Waals surface area contributed by atoms with Gasteiger partial charge in [-0.1, -0.05) is 35.9 Å². The van der Waals surface area contributed by atoms with Crippen LogP contribution in [0.5, 0.6) is 0 Å². The second-order valence-corrected chi connectivity index (χ2v) is 5.23. The second-order valence-electron chi connectivity index (χ2n) is 4.79. The van der Waals surface area contributed by atoms with E-state index in [0.29, 0.717) is 5.02 Å². The van der Waals surface area contributed by atoms with Crippen molar-refractivity contribution in [1.82, 2.24) is 5.32 Å². The fraction of sp³-hybridized carbons (Fsp3) is 0.188. The van der Waals surface area contributed by atoms with E-state index in [1.807, 2.05) is 0 Å². The number of halogens is 4. The molecule has 0 aromatic heterocycles. The van der Waals surface area contributed by atoms with Crippen LogP contribution in [0, 0.1) is 0 Å². The average Bonchev–Trinajstić information content (AvgIpc) is 2.47. The van der Waals surface area contributed by atoms with E-state index in [1.165, 1.54) is 12.1 Å². The molecule has 1 atom stereocenters. The van der Waals surface area contributed by atoms with Gasteiger partial charge in [-0.2, -0.15) is 13.2 Å². The molecule has 0 fully saturated rings. The van der Waals surface area contributed by atoms with Crippen LogP contribution in [-0.4, -0.2) is 5.91 Å². The van der Waals surface area contributed by atoms with Crippen LogP contribution in [0.1, 0.15) is 34.5 Å². The summed E-state index contributed by atoms with van der Waals surface area (Å²) in [7, 11) is 0. The largest absolute Gasteiger partial charge is 0.417 e. The van der Waals surface area contributed by atoms with Gasteiger partial charge in [0.25, 0.3) is 5.91 Å². The minimum atomic E-state index is -4.57. The Morgan fingerprint density at radius 1 is 1.09 bits per heavy atom. The first-order valence-electron chi connectivity index (χ1n) is 6.51. The molecule has 0 heterocycles. The minimum absolute atomic E-state index is 0.393. The summed E-state index contributed by atoms with van der Waals surface area (Å²) >= 11 is 5.78. The van der Waals surface area contributed by atoms with Gasteiger partial charge in [0.15, 0.2) is 0 Å². The number of rotatable bonds is 3. The summed E-state index contributed by atoms with van der Waals surface area (Å²) in [5.41, 5.74) is -0.589. The fourth-order valence-corrected chi connectivity index (χ4v) is 2.16. The van der Waals surface area contributed by atoms with Gasteiger partial charge >= 0.3 is 6.18 Å². The molecule has 0 radical (unpaired) electrons. The number of alkyl halides is 3. The molecule has 0 aliphatic heterocycles. The van der Waals surface area contributed by atoms with E-state index >= 15 is 0 Å². The van der Waals surface area contributed by atoms with Gasteiger partial charge in [-0.3, -0.25) is 4.79 Å². The Balaban J connectivity index is 2.21. The van der Waals surface area contributed by atoms with Crippen molar-refractivity contribution in [3.63, 3.8) is 0 Å². The van der Waals surface area contributed by atoms with Gasteiger partial charge in [0.2, 0.25) is 0 Å². The summed E-state index contributed by atoms with van der Waals surface area (Å²) in [5.74, 6) is -0.768. The highest BCUT2D eigenvalue weighted by atomic mass is 35.5. The predicted octanol–water partition coefficient (Wildman–Crippen LogP) is 4.85. The van der Waals surface area contributed by atoms with Gasteiger partial charge < -0.3 is 5.32 Å². The quantitative estimate of drug-likeness (QED) is 0.858. The molecule has 1 amide bonds. The third kappa shape index (κ3) is 3.80. The third-order valence-electron chi connectivity index (χ3n) is 3.19. The van der Waals surface area contributed by atoms with Gasteiger partial charge in [-0.25, -0.2) is 0 Å². The van der Waals surface area contributed by atoms with Crippen molar-refractivity contribution in [2.45, 2.75) is 19.1 Å². The van der Waals surface area contributed by atoms with E-state index < -0.39 is 29.3 Å². The molecule has 6 heteroatoms. The maximum Gasteiger partial charge on any atom is 0.417 e. The second kappa shape index (κ2) is 6.40. The first-order valence-corrected chi connectivity index (χ1v) is 6.89. The Morgan fingerprint density at radius 3 is 2.27 bits per heavy atom. The topological polar surface area (TPSA) is 29.1 Å². The van der Waals surface area contributed by atoms with Crippen LogP contribution in [0.15, 0.2) is 48.5 Å². The normalized spacial score (nSPS) is 12.8. The number of benzene rings is 2. The molecule has 0 aliphatic rings. The van der Waals surface area contributed by atoms with Crippen molar-refractivity contribution in [2.24, 2.45) is 0 Å². The first-order chi connectivity index (χ1) is 10.3. The van der Waals surface area contributed by atoms with Gasteiger partial charge in [0.05, 0.1) is 17.2 Å². The van der Waals surface area contributed by atoms with E-state index in [4.69, 9.17) is 11.6 Å². The van der Waals surface area contributed by atoms with Gasteiger partial charge in [-0.15, -0.1) is 0 Å². The van der Waals surface area contributed by atoms with Gasteiger partial charge in [-0.05, 0) is 36.8 Å². The molecule has 1 N–H and O–H groups in total. The number of amides is 1. The fourth-order valence-electron chi connectivity index (χ4n) is 2.04. The van der Waals surface area contributed by atoms with Gasteiger partial charge in [0, 0.05) is 5.02 Å². The van der Waals surface area contributed by atoms with Crippen LogP contribution in [-0.2, 0) is 6.18 Å². The van der Waals surface area contributed by atoms with Crippen LogP contribution < -0.4 is 5.32 Å². The molecule has 0 bridgehead atoms. The summed E-state index contributed by atoms with van der Waals surface area (Å²) in [6.45, 7) is 1.69. The summed E-state index contributed by atoms with van der Waals surface area (Å²) in [6.07, 6.45) is -4.57. The predicted molar refractivity (Wildman–Crippen MR) is 78.8 cm³/mol. The SMILES string of the molecule is C[C@H](NC(=O)c1ccccc1C(F)(F)F)c1ccc(Cl)cc1. The molecule has 2 aromatic rings. The van der Waals surface area contributed by atoms with Crippen LogP contribution in [0.3, 0.4) is 0 Å². The van der Waals surface area contributed by atoms with Crippen molar-refractivity contribution in [2.75, 3.05) is 0 Å². The van der Waals surface area contributed by atoms with Gasteiger partial charge in [0.1, 0.15) is 0 Å². The molecule has 2 nitrogen and oxygen atoms in total. The molecule has 0 spiro atoms. The summed E-state index contributed by atoms with van der Waals surface area (Å²) < 4.78 is 38.8. The van der Waals surface area contributed by atoms with Crippen molar-refractivity contribution < 1.29 is 18.0 Å². The number of carbonyl (C=O) groups excluding carboxylic acids is 1. The van der Waals surface area contributed by atoms with E-state index in [2.05, 4.69) is 5.32 Å². The zero-order valence-corrected chi connectivity index (χ0v) is 12.4. The minimum Gasteiger partial charge on any atom is -0.346 e. The third-order valence-corrected chi connectivity index (χ3v) is 3.45. The molecule has 2 aromatic carbocycles. The molecule has 0 aliphatic carbocycles. The smallest absolute Gasteiger partial charge is 0.346 e. The van der Waals surface area contributed by atoms with Crippen molar-refractivity contribution >= 4 is 17.5 Å². The highest BCUT2D eigenvalue weighted by Crippen LogP contribution is 2.32. The maximum atomic E-state index is 12.9. The van der Waals surface area contributed by atoms with E-state index in [1.54, 1.807) is 31.2 Å². The van der Waals surface area contributed by atoms with Crippen molar-refractivity contribution in [3.05, 3.63) is 70.2 Å². The van der Waals surface area contributed by atoms with E-state index in [0.717, 1.165) is 17.7 Å². The van der Waals surface area contributed by atoms with Crippen LogP contribution in [0.2, 0.25) is 5.02 Å². The first kappa shape index (κ1) is 16.4. The number of nitrogens with one attached hydrogen (secondary N) is 1. The lowest BCUT2D eigenvalue weighted by Gasteiger charge is -2.17. The monoisotopic (exact) mass is 327 g/mol. The Hall–Kier alpha value is -2.01. The summed E-state index contributed by atoms with van der Waals surface area (Å²) in [4.78, 5) is 12.1. The van der Waals surface area contributed by atoms with Crippen molar-refractivity contribution in [1.29, 1.82) is 0 Å². The standard InChI is InChI=1S/C16H13ClF3NO/c1-10(11-6-8-12(17)9-7-11)21-15(22)13-4-2-3-5-14(13)16(18,19)20/h2-10H,1H3,(H,21,22)/t10-/m0/s1. The molecule has 22 heavy (non-hydrogen) atoms. The average molecular weight is 328 g/mol. The van der Waals surface area contributed by atoms with Crippen LogP contribution in [0.25, 0.3) is 0 Å². The number of carbonyl (C=O) groups is 1. The molecular weight excluding hydrogens is 315 g/mol. The Morgan fingerprint density at radius 2 is 1.68 bits per heavy atom.